The van der Waals surface area contributed by atoms with E-state index in [0.29, 0.717) is 24.0 Å². The van der Waals surface area contributed by atoms with Gasteiger partial charge in [0.25, 0.3) is 0 Å². The number of sulfone groups is 1. The van der Waals surface area contributed by atoms with E-state index in [1.165, 1.54) is 19.3 Å². The van der Waals surface area contributed by atoms with Gasteiger partial charge in [-0.2, -0.15) is 0 Å². The van der Waals surface area contributed by atoms with Crippen molar-refractivity contribution in [1.82, 2.24) is 0 Å². The predicted molar refractivity (Wildman–Crippen MR) is 84.5 cm³/mol. The summed E-state index contributed by atoms with van der Waals surface area (Å²) in [7, 11) is -9.30. The van der Waals surface area contributed by atoms with E-state index in [1.54, 1.807) is 0 Å². The van der Waals surface area contributed by atoms with Crippen molar-refractivity contribution >= 4 is 25.9 Å². The monoisotopic (exact) mass is 379 g/mol. The molecular weight excluding hydrogens is 356 g/mol. The smallest absolute Gasteiger partial charge is 0.308 e. The minimum absolute atomic E-state index is 0.0403. The first-order valence-electron chi connectivity index (χ1n) is 8.26. The van der Waals surface area contributed by atoms with Crippen molar-refractivity contribution in [3.8, 4) is 0 Å². The third-order valence-electron chi connectivity index (χ3n) is 5.84. The molecule has 7 nitrogen and oxygen atoms in total. The molecule has 4 aliphatic rings. The fraction of sp³-hybridized carbons (Fsp3) is 0.933. The summed E-state index contributed by atoms with van der Waals surface area (Å²) in [4.78, 5) is 11.9. The summed E-state index contributed by atoms with van der Waals surface area (Å²) >= 11 is 0. The molecule has 4 rings (SSSR count). The van der Waals surface area contributed by atoms with Crippen molar-refractivity contribution in [2.75, 3.05) is 12.9 Å². The molecule has 0 spiro atoms. The van der Waals surface area contributed by atoms with Crippen LogP contribution in [0.2, 0.25) is 0 Å². The average molecular weight is 379 g/mol. The number of hydrogen-bond donors (Lipinski definition) is 0. The molecule has 0 amide bonds. The van der Waals surface area contributed by atoms with Crippen LogP contribution in [0.1, 0.15) is 44.9 Å². The molecule has 0 saturated heterocycles. The summed E-state index contributed by atoms with van der Waals surface area (Å²) in [5, 5.41) is 0. The highest BCUT2D eigenvalue weighted by Crippen LogP contribution is 2.60. The molecule has 1 unspecified atom stereocenters. The van der Waals surface area contributed by atoms with Crippen LogP contribution < -0.4 is 0 Å². The van der Waals surface area contributed by atoms with E-state index in [4.69, 9.17) is 4.74 Å². The molecule has 24 heavy (non-hydrogen) atoms. The van der Waals surface area contributed by atoms with Gasteiger partial charge in [-0.3, -0.25) is 4.79 Å². The number of esters is 1. The minimum atomic E-state index is -5.12. The lowest BCUT2D eigenvalue weighted by atomic mass is 9.50. The highest BCUT2D eigenvalue weighted by molar-refractivity contribution is 8.06. The topological polar surface area (TPSA) is 118 Å². The van der Waals surface area contributed by atoms with Gasteiger partial charge in [0.2, 0.25) is 0 Å². The molecule has 0 aromatic heterocycles. The lowest BCUT2D eigenvalue weighted by Crippen LogP contribution is -2.48. The van der Waals surface area contributed by atoms with E-state index in [1.807, 2.05) is 0 Å². The molecule has 0 aromatic carbocycles. The van der Waals surface area contributed by atoms with Gasteiger partial charge in [-0.05, 0) is 56.3 Å². The quantitative estimate of drug-likeness (QED) is 0.500. The Balaban J connectivity index is 1.62. The minimum Gasteiger partial charge on any atom is -0.747 e. The van der Waals surface area contributed by atoms with Crippen molar-refractivity contribution in [3.63, 3.8) is 0 Å². The van der Waals surface area contributed by atoms with Gasteiger partial charge < -0.3 is 9.29 Å². The van der Waals surface area contributed by atoms with Crippen molar-refractivity contribution in [1.29, 1.82) is 0 Å². The standard InChI is InChI=1S/C15H24O7S2/c1-23(17,18)14(24(19,20)21)5-13(16)22-9-15-6-10-2-11(7-15)4-12(3-10)8-15/h10-12,14H,2-9H2,1H3,(H,19,20,21)/p-1. The molecule has 9 heteroatoms. The van der Waals surface area contributed by atoms with Gasteiger partial charge in [0, 0.05) is 11.7 Å². The van der Waals surface area contributed by atoms with Gasteiger partial charge in [-0.25, -0.2) is 16.8 Å². The Morgan fingerprint density at radius 3 is 1.92 bits per heavy atom. The van der Waals surface area contributed by atoms with E-state index in [0.717, 1.165) is 19.3 Å². The molecule has 0 heterocycles. The molecule has 0 N–H and O–H groups in total. The highest BCUT2D eigenvalue weighted by atomic mass is 32.3. The molecule has 4 aliphatic carbocycles. The third kappa shape index (κ3) is 3.77. The number of carbonyl (C=O) groups is 1. The summed E-state index contributed by atoms with van der Waals surface area (Å²) in [6.07, 6.45) is 6.49. The largest absolute Gasteiger partial charge is 0.747 e. The fourth-order valence-electron chi connectivity index (χ4n) is 5.36. The second-order valence-electron chi connectivity index (χ2n) is 8.03. The summed E-state index contributed by atoms with van der Waals surface area (Å²) in [5.74, 6) is 1.11. The number of rotatable bonds is 6. The zero-order chi connectivity index (χ0) is 17.8. The van der Waals surface area contributed by atoms with Gasteiger partial charge in [-0.1, -0.05) is 0 Å². The maximum absolute atomic E-state index is 11.9. The summed E-state index contributed by atoms with van der Waals surface area (Å²) in [6, 6.07) is 0. The van der Waals surface area contributed by atoms with Crippen molar-refractivity contribution in [3.05, 3.63) is 0 Å². The Hall–Kier alpha value is -0.670. The first-order valence-corrected chi connectivity index (χ1v) is 11.7. The molecular formula is C15H23O7S2-. The van der Waals surface area contributed by atoms with Crippen molar-refractivity contribution < 1.29 is 30.9 Å². The van der Waals surface area contributed by atoms with Crippen molar-refractivity contribution in [2.45, 2.75) is 49.5 Å². The molecule has 0 aliphatic heterocycles. The summed E-state index contributed by atoms with van der Waals surface area (Å²) in [5.41, 5.74) is -0.0403. The zero-order valence-corrected chi connectivity index (χ0v) is 15.3. The van der Waals surface area contributed by atoms with Crippen LogP contribution in [0.5, 0.6) is 0 Å². The van der Waals surface area contributed by atoms with E-state index in [9.17, 15) is 26.2 Å². The molecule has 4 saturated carbocycles. The van der Waals surface area contributed by atoms with Gasteiger partial charge in [-0.15, -0.1) is 0 Å². The summed E-state index contributed by atoms with van der Waals surface area (Å²) in [6.45, 7) is 0.199. The van der Waals surface area contributed by atoms with Crippen LogP contribution in [0.3, 0.4) is 0 Å². The number of carbonyl (C=O) groups excluding carboxylic acids is 1. The van der Waals surface area contributed by atoms with E-state index >= 15 is 0 Å². The third-order valence-corrected chi connectivity index (χ3v) is 9.53. The second-order valence-corrected chi connectivity index (χ2v) is 12.1. The molecule has 138 valence electrons. The van der Waals surface area contributed by atoms with Gasteiger partial charge in [0.05, 0.1) is 13.0 Å². The van der Waals surface area contributed by atoms with Crippen molar-refractivity contribution in [2.24, 2.45) is 23.2 Å². The lowest BCUT2D eigenvalue weighted by Gasteiger charge is -2.56. The molecule has 1 atom stereocenters. The van der Waals surface area contributed by atoms with E-state index < -0.39 is 36.9 Å². The Kier molecular flexibility index (Phi) is 4.49. The maximum Gasteiger partial charge on any atom is 0.308 e. The molecule has 0 radical (unpaired) electrons. The Bertz CT molecular complexity index is 656. The highest BCUT2D eigenvalue weighted by Gasteiger charge is 2.51. The van der Waals surface area contributed by atoms with Crippen LogP contribution in [0.15, 0.2) is 0 Å². The van der Waals surface area contributed by atoms with Crippen LogP contribution in [0.25, 0.3) is 0 Å². The average Bonchev–Trinajstić information content (AvgIpc) is 2.38. The van der Waals surface area contributed by atoms with Crippen LogP contribution in [-0.2, 0) is 29.5 Å². The molecule has 4 fully saturated rings. The second kappa shape index (κ2) is 5.95. The lowest BCUT2D eigenvalue weighted by molar-refractivity contribution is -0.155. The predicted octanol–water partition coefficient (Wildman–Crippen LogP) is 1.05. The molecule has 4 bridgehead atoms. The normalized spacial score (nSPS) is 36.5. The Labute approximate surface area is 142 Å². The van der Waals surface area contributed by atoms with Gasteiger partial charge >= 0.3 is 5.97 Å². The number of ether oxygens (including phenoxy) is 1. The van der Waals surface area contributed by atoms with Crippen LogP contribution in [0, 0.1) is 23.2 Å². The molecule has 0 aromatic rings. The number of hydrogen-bond acceptors (Lipinski definition) is 7. The fourth-order valence-corrected chi connectivity index (χ4v) is 7.85. The Morgan fingerprint density at radius 2 is 1.54 bits per heavy atom. The summed E-state index contributed by atoms with van der Waals surface area (Å²) < 4.78 is 59.2. The SMILES string of the molecule is CS(=O)(=O)C(CC(=O)OCC12CC3CC(CC(C3)C1)C2)S(=O)(=O)[O-]. The van der Waals surface area contributed by atoms with Gasteiger partial charge in [0.15, 0.2) is 14.4 Å². The zero-order valence-electron chi connectivity index (χ0n) is 13.6. The van der Waals surface area contributed by atoms with Crippen LogP contribution in [-0.4, -0.2) is 44.8 Å². The van der Waals surface area contributed by atoms with Crippen LogP contribution in [0.4, 0.5) is 0 Å². The maximum atomic E-state index is 11.9. The van der Waals surface area contributed by atoms with Gasteiger partial charge in [0.1, 0.15) is 10.1 Å². The Morgan fingerprint density at radius 1 is 1.08 bits per heavy atom. The first-order chi connectivity index (χ1) is 11.0. The first kappa shape index (κ1) is 18.1. The van der Waals surface area contributed by atoms with Crippen LogP contribution >= 0.6 is 0 Å². The van der Waals surface area contributed by atoms with E-state index in [-0.39, 0.29) is 12.0 Å². The van der Waals surface area contributed by atoms with E-state index in [2.05, 4.69) is 0 Å².